The number of aromatic nitrogens is 1. The number of hydrogen-bond acceptors (Lipinski definition) is 5. The molecule has 0 saturated heterocycles. The fourth-order valence-electron chi connectivity index (χ4n) is 2.26. The lowest BCUT2D eigenvalue weighted by Gasteiger charge is -2.13. The molecular formula is C18H17ClN4OS2. The Bertz CT molecular complexity index is 931. The summed E-state index contributed by atoms with van der Waals surface area (Å²) >= 11 is 8.61. The van der Waals surface area contributed by atoms with Crippen LogP contribution < -0.4 is 5.32 Å². The largest absolute Gasteiger partial charge is 0.363 e. The molecule has 0 aliphatic carbocycles. The zero-order chi connectivity index (χ0) is 18.7. The summed E-state index contributed by atoms with van der Waals surface area (Å²) in [5.41, 5.74) is 2.71. The lowest BCUT2D eigenvalue weighted by Crippen LogP contribution is -2.21. The first-order valence-electron chi connectivity index (χ1n) is 7.78. The van der Waals surface area contributed by atoms with E-state index in [4.69, 9.17) is 17.0 Å². The summed E-state index contributed by atoms with van der Waals surface area (Å²) in [6.45, 7) is 0.377. The first-order chi connectivity index (χ1) is 12.4. The standard InChI is InChI=1S/C18H17ClN4OS2/c1-23(2)17(20)12-5-3-11(4-6-12)13-10-25-16(22-13)9-21-18(24)14-7-8-15(19)26-14/h3-8,10,20H,9H2,1-2H3,(H,21,24). The fourth-order valence-corrected chi connectivity index (χ4v) is 3.96. The average Bonchev–Trinajstić information content (AvgIpc) is 3.28. The number of carbonyl (C=O) groups is 1. The average molecular weight is 405 g/mol. The Morgan fingerprint density at radius 3 is 2.58 bits per heavy atom. The van der Waals surface area contributed by atoms with E-state index in [1.54, 1.807) is 17.0 Å². The van der Waals surface area contributed by atoms with Crippen LogP contribution in [0.3, 0.4) is 0 Å². The van der Waals surface area contributed by atoms with Crippen molar-refractivity contribution in [1.82, 2.24) is 15.2 Å². The molecule has 0 radical (unpaired) electrons. The Hall–Kier alpha value is -2.22. The molecule has 1 aromatic carbocycles. The minimum atomic E-state index is -0.148. The van der Waals surface area contributed by atoms with E-state index in [1.807, 2.05) is 43.7 Å². The van der Waals surface area contributed by atoms with E-state index < -0.39 is 0 Å². The van der Waals surface area contributed by atoms with Gasteiger partial charge in [0.25, 0.3) is 5.91 Å². The van der Waals surface area contributed by atoms with E-state index in [1.165, 1.54) is 22.7 Å². The maximum Gasteiger partial charge on any atom is 0.261 e. The lowest BCUT2D eigenvalue weighted by atomic mass is 10.1. The van der Waals surface area contributed by atoms with Crippen molar-refractivity contribution in [2.24, 2.45) is 0 Å². The Balaban J connectivity index is 1.64. The predicted octanol–water partition coefficient (Wildman–Crippen LogP) is 4.34. The van der Waals surface area contributed by atoms with Crippen molar-refractivity contribution in [3.63, 3.8) is 0 Å². The van der Waals surface area contributed by atoms with Crippen LogP contribution in [0.4, 0.5) is 0 Å². The number of hydrogen-bond donors (Lipinski definition) is 2. The molecular weight excluding hydrogens is 388 g/mol. The normalized spacial score (nSPS) is 10.6. The second-order valence-electron chi connectivity index (χ2n) is 5.73. The van der Waals surface area contributed by atoms with E-state index >= 15 is 0 Å². The highest BCUT2D eigenvalue weighted by Gasteiger charge is 2.11. The summed E-state index contributed by atoms with van der Waals surface area (Å²) < 4.78 is 0.595. The number of halogens is 1. The van der Waals surface area contributed by atoms with Gasteiger partial charge in [-0.15, -0.1) is 22.7 Å². The zero-order valence-corrected chi connectivity index (χ0v) is 16.6. The summed E-state index contributed by atoms with van der Waals surface area (Å²) in [7, 11) is 3.70. The minimum absolute atomic E-state index is 0.148. The molecule has 3 aromatic rings. The van der Waals surface area contributed by atoms with Gasteiger partial charge in [0.05, 0.1) is 21.5 Å². The summed E-state index contributed by atoms with van der Waals surface area (Å²) in [5, 5.41) is 13.7. The van der Waals surface area contributed by atoms with Gasteiger partial charge in [-0.05, 0) is 12.1 Å². The molecule has 0 saturated carbocycles. The molecule has 0 bridgehead atoms. The SMILES string of the molecule is CN(C)C(=N)c1ccc(-c2csc(CNC(=O)c3ccc(Cl)s3)n2)cc1. The van der Waals surface area contributed by atoms with E-state index in [0.717, 1.165) is 21.8 Å². The Kier molecular flexibility index (Phi) is 5.70. The number of nitrogens with zero attached hydrogens (tertiary/aromatic N) is 2. The number of amides is 1. The second-order valence-corrected chi connectivity index (χ2v) is 8.39. The third kappa shape index (κ3) is 4.30. The molecule has 1 amide bonds. The van der Waals surface area contributed by atoms with Gasteiger partial charge >= 0.3 is 0 Å². The van der Waals surface area contributed by atoms with Crippen LogP contribution in [-0.4, -0.2) is 35.7 Å². The second kappa shape index (κ2) is 7.99. The number of thiophene rings is 1. The monoisotopic (exact) mass is 404 g/mol. The van der Waals surface area contributed by atoms with Gasteiger partial charge in [-0.2, -0.15) is 0 Å². The van der Waals surface area contributed by atoms with Crippen LogP contribution in [0, 0.1) is 5.41 Å². The van der Waals surface area contributed by atoms with E-state index in [9.17, 15) is 4.79 Å². The minimum Gasteiger partial charge on any atom is -0.363 e. The molecule has 0 aliphatic heterocycles. The third-order valence-corrected chi connectivity index (χ3v) is 5.73. The first kappa shape index (κ1) is 18.6. The van der Waals surface area contributed by atoms with Gasteiger partial charge in [-0.1, -0.05) is 35.9 Å². The Morgan fingerprint density at radius 1 is 1.23 bits per heavy atom. The molecule has 5 nitrogen and oxygen atoms in total. The number of rotatable bonds is 5. The first-order valence-corrected chi connectivity index (χ1v) is 9.86. The van der Waals surface area contributed by atoms with Crippen molar-refractivity contribution in [3.8, 4) is 11.3 Å². The summed E-state index contributed by atoms with van der Waals surface area (Å²) in [6.07, 6.45) is 0. The van der Waals surface area contributed by atoms with Crippen LogP contribution >= 0.6 is 34.3 Å². The van der Waals surface area contributed by atoms with Gasteiger partial charge in [0.2, 0.25) is 0 Å². The number of carbonyl (C=O) groups excluding carboxylic acids is 1. The number of amidine groups is 1. The van der Waals surface area contributed by atoms with Crippen molar-refractivity contribution < 1.29 is 4.79 Å². The molecule has 0 atom stereocenters. The number of nitrogens with one attached hydrogen (secondary N) is 2. The van der Waals surface area contributed by atoms with Crippen LogP contribution in [0.1, 0.15) is 20.2 Å². The number of benzene rings is 1. The molecule has 8 heteroatoms. The van der Waals surface area contributed by atoms with Gasteiger partial charge in [0, 0.05) is 30.6 Å². The van der Waals surface area contributed by atoms with Crippen LogP contribution in [0.15, 0.2) is 41.8 Å². The fraction of sp³-hybridized carbons (Fsp3) is 0.167. The molecule has 134 valence electrons. The van der Waals surface area contributed by atoms with Crippen molar-refractivity contribution in [2.75, 3.05) is 14.1 Å². The highest BCUT2D eigenvalue weighted by Crippen LogP contribution is 2.23. The molecule has 0 fully saturated rings. The molecule has 0 spiro atoms. The van der Waals surface area contributed by atoms with Crippen molar-refractivity contribution in [3.05, 3.63) is 61.6 Å². The van der Waals surface area contributed by atoms with E-state index in [2.05, 4.69) is 10.3 Å². The van der Waals surface area contributed by atoms with Crippen LogP contribution in [0.2, 0.25) is 4.34 Å². The highest BCUT2D eigenvalue weighted by atomic mass is 35.5. The van der Waals surface area contributed by atoms with Gasteiger partial charge in [-0.25, -0.2) is 4.98 Å². The van der Waals surface area contributed by atoms with Crippen LogP contribution in [0.5, 0.6) is 0 Å². The van der Waals surface area contributed by atoms with Gasteiger partial charge in [-0.3, -0.25) is 10.2 Å². The Morgan fingerprint density at radius 2 is 1.96 bits per heavy atom. The summed E-state index contributed by atoms with van der Waals surface area (Å²) in [6, 6.07) is 11.2. The van der Waals surface area contributed by atoms with Gasteiger partial charge in [0.1, 0.15) is 10.8 Å². The number of thiazole rings is 1. The topological polar surface area (TPSA) is 69.1 Å². The molecule has 0 aliphatic rings. The molecule has 0 unspecified atom stereocenters. The molecule has 3 rings (SSSR count). The zero-order valence-electron chi connectivity index (χ0n) is 14.2. The van der Waals surface area contributed by atoms with Crippen LogP contribution in [0.25, 0.3) is 11.3 Å². The van der Waals surface area contributed by atoms with Crippen LogP contribution in [-0.2, 0) is 6.54 Å². The summed E-state index contributed by atoms with van der Waals surface area (Å²) in [4.78, 5) is 19.0. The molecule has 2 aromatic heterocycles. The van der Waals surface area contributed by atoms with E-state index in [0.29, 0.717) is 21.6 Å². The van der Waals surface area contributed by atoms with Gasteiger partial charge < -0.3 is 10.2 Å². The maximum absolute atomic E-state index is 12.1. The van der Waals surface area contributed by atoms with Gasteiger partial charge in [0.15, 0.2) is 0 Å². The lowest BCUT2D eigenvalue weighted by molar-refractivity contribution is 0.0955. The smallest absolute Gasteiger partial charge is 0.261 e. The molecule has 2 N–H and O–H groups in total. The Labute approximate surface area is 164 Å². The summed E-state index contributed by atoms with van der Waals surface area (Å²) in [5.74, 6) is 0.317. The quantitative estimate of drug-likeness (QED) is 0.490. The van der Waals surface area contributed by atoms with E-state index in [-0.39, 0.29) is 5.91 Å². The predicted molar refractivity (Wildman–Crippen MR) is 109 cm³/mol. The molecule has 26 heavy (non-hydrogen) atoms. The third-order valence-electron chi connectivity index (χ3n) is 3.65. The highest BCUT2D eigenvalue weighted by molar-refractivity contribution is 7.18. The van der Waals surface area contributed by atoms with Crippen molar-refractivity contribution in [1.29, 1.82) is 5.41 Å². The molecule has 2 heterocycles. The van der Waals surface area contributed by atoms with Crippen molar-refractivity contribution in [2.45, 2.75) is 6.54 Å². The van der Waals surface area contributed by atoms with Crippen molar-refractivity contribution >= 4 is 46.0 Å². The maximum atomic E-state index is 12.1.